The first-order valence-electron chi connectivity index (χ1n) is 6.91. The van der Waals surface area contributed by atoms with Crippen LogP contribution in [-0.2, 0) is 15.6 Å². The first-order chi connectivity index (χ1) is 9.00. The topological polar surface area (TPSA) is 46.5 Å². The zero-order valence-electron chi connectivity index (χ0n) is 13.6. The van der Waals surface area contributed by atoms with Gasteiger partial charge in [-0.25, -0.2) is 0 Å². The van der Waals surface area contributed by atoms with Crippen molar-refractivity contribution in [2.75, 3.05) is 7.11 Å². The summed E-state index contributed by atoms with van der Waals surface area (Å²) in [6.07, 6.45) is 0.0811. The monoisotopic (exact) mass is 278 g/mol. The van der Waals surface area contributed by atoms with Crippen LogP contribution in [0.4, 0.5) is 0 Å². The first kappa shape index (κ1) is 16.5. The minimum atomic E-state index is -0.794. The van der Waals surface area contributed by atoms with Crippen molar-refractivity contribution in [1.82, 2.24) is 0 Å². The minimum absolute atomic E-state index is 0.0485. The van der Waals surface area contributed by atoms with Gasteiger partial charge in [0.1, 0.15) is 5.75 Å². The van der Waals surface area contributed by atoms with Gasteiger partial charge in [-0.2, -0.15) is 0 Å². The van der Waals surface area contributed by atoms with Crippen molar-refractivity contribution in [2.24, 2.45) is 0 Å². The summed E-state index contributed by atoms with van der Waals surface area (Å²) >= 11 is 0. The first-order valence-corrected chi connectivity index (χ1v) is 6.91. The molecule has 3 heteroatoms. The van der Waals surface area contributed by atoms with Crippen LogP contribution >= 0.6 is 0 Å². The van der Waals surface area contributed by atoms with Gasteiger partial charge in [-0.15, -0.1) is 0 Å². The summed E-state index contributed by atoms with van der Waals surface area (Å²) in [6.45, 7) is 12.3. The normalized spacial score (nSPS) is 12.3. The average molecular weight is 278 g/mol. The Hall–Kier alpha value is -1.51. The van der Waals surface area contributed by atoms with E-state index in [2.05, 4.69) is 32.9 Å². The van der Waals surface area contributed by atoms with Crippen molar-refractivity contribution in [3.8, 4) is 5.75 Å². The molecule has 20 heavy (non-hydrogen) atoms. The van der Waals surface area contributed by atoms with E-state index < -0.39 is 11.4 Å². The highest BCUT2D eigenvalue weighted by atomic mass is 16.5. The maximum atomic E-state index is 11.1. The number of rotatable bonds is 4. The van der Waals surface area contributed by atoms with Gasteiger partial charge in [-0.3, -0.25) is 4.79 Å². The van der Waals surface area contributed by atoms with Crippen LogP contribution in [0.1, 0.15) is 57.7 Å². The number of benzene rings is 1. The molecule has 0 aliphatic carbocycles. The Morgan fingerprint density at radius 1 is 1.20 bits per heavy atom. The van der Waals surface area contributed by atoms with Gasteiger partial charge < -0.3 is 9.84 Å². The van der Waals surface area contributed by atoms with Crippen molar-refractivity contribution in [1.29, 1.82) is 0 Å². The predicted molar refractivity (Wildman–Crippen MR) is 81.7 cm³/mol. The van der Waals surface area contributed by atoms with Gasteiger partial charge in [0.25, 0.3) is 0 Å². The highest BCUT2D eigenvalue weighted by Crippen LogP contribution is 2.42. The van der Waals surface area contributed by atoms with Gasteiger partial charge in [0.15, 0.2) is 0 Å². The zero-order chi connectivity index (χ0) is 15.7. The number of ether oxygens (including phenoxy) is 1. The third kappa shape index (κ3) is 3.33. The van der Waals surface area contributed by atoms with E-state index in [-0.39, 0.29) is 11.8 Å². The highest BCUT2D eigenvalue weighted by Gasteiger charge is 2.32. The van der Waals surface area contributed by atoms with Crippen LogP contribution in [-0.4, -0.2) is 18.2 Å². The summed E-state index contributed by atoms with van der Waals surface area (Å²) in [5, 5.41) is 9.15. The third-order valence-corrected chi connectivity index (χ3v) is 3.65. The Morgan fingerprint density at radius 3 is 2.15 bits per heavy atom. The van der Waals surface area contributed by atoms with Gasteiger partial charge in [-0.05, 0) is 23.5 Å². The van der Waals surface area contributed by atoms with E-state index >= 15 is 0 Å². The van der Waals surface area contributed by atoms with Crippen molar-refractivity contribution in [2.45, 2.75) is 58.8 Å². The number of methoxy groups -OCH3 is 1. The fourth-order valence-corrected chi connectivity index (χ4v) is 2.79. The molecular formula is C17H26O3. The van der Waals surface area contributed by atoms with E-state index in [1.165, 1.54) is 0 Å². The predicted octanol–water partition coefficient (Wildman–Crippen LogP) is 4.05. The standard InChI is InChI=1S/C17H26O3/c1-11-8-9-12(16(2,3)4)15(20-7)14(11)17(5,6)10-13(18)19/h8-9H,10H2,1-7H3,(H,18,19). The molecule has 0 spiro atoms. The largest absolute Gasteiger partial charge is 0.496 e. The van der Waals surface area contributed by atoms with Crippen LogP contribution in [0.2, 0.25) is 0 Å². The molecule has 0 aliphatic rings. The Bertz CT molecular complexity index is 508. The SMILES string of the molecule is COc1c(C(C)(C)C)ccc(C)c1C(C)(C)CC(=O)O. The second-order valence-electron chi connectivity index (χ2n) is 7.04. The molecule has 0 fully saturated rings. The maximum Gasteiger partial charge on any atom is 0.304 e. The Balaban J connectivity index is 3.57. The molecule has 1 rings (SSSR count). The number of hydrogen-bond donors (Lipinski definition) is 1. The molecule has 0 radical (unpaired) electrons. The molecule has 0 amide bonds. The molecule has 0 aliphatic heterocycles. The number of aliphatic carboxylic acids is 1. The minimum Gasteiger partial charge on any atom is -0.496 e. The summed E-state index contributed by atoms with van der Waals surface area (Å²) in [5.41, 5.74) is 2.66. The summed E-state index contributed by atoms with van der Waals surface area (Å²) in [4.78, 5) is 11.1. The molecule has 1 aromatic carbocycles. The van der Waals surface area contributed by atoms with E-state index in [1.807, 2.05) is 20.8 Å². The molecular weight excluding hydrogens is 252 g/mol. The molecule has 112 valence electrons. The fourth-order valence-electron chi connectivity index (χ4n) is 2.79. The van der Waals surface area contributed by atoms with Crippen LogP contribution in [0.5, 0.6) is 5.75 Å². The quantitative estimate of drug-likeness (QED) is 0.903. The summed E-state index contributed by atoms with van der Waals surface area (Å²) in [7, 11) is 1.66. The number of hydrogen-bond acceptors (Lipinski definition) is 2. The number of carbonyl (C=O) groups is 1. The second-order valence-corrected chi connectivity index (χ2v) is 7.04. The molecule has 0 saturated heterocycles. The van der Waals surface area contributed by atoms with Crippen molar-refractivity contribution < 1.29 is 14.6 Å². The van der Waals surface area contributed by atoms with Gasteiger partial charge in [0.05, 0.1) is 13.5 Å². The van der Waals surface area contributed by atoms with E-state index in [9.17, 15) is 4.79 Å². The average Bonchev–Trinajstić information content (AvgIpc) is 2.24. The summed E-state index contributed by atoms with van der Waals surface area (Å²) in [5.74, 6) is 0.0290. The van der Waals surface area contributed by atoms with Crippen LogP contribution in [0.25, 0.3) is 0 Å². The van der Waals surface area contributed by atoms with Crippen molar-refractivity contribution in [3.63, 3.8) is 0 Å². The van der Waals surface area contributed by atoms with E-state index in [1.54, 1.807) is 7.11 Å². The molecule has 0 unspecified atom stereocenters. The van der Waals surface area contributed by atoms with Gasteiger partial charge in [0, 0.05) is 11.0 Å². The molecule has 0 atom stereocenters. The lowest BCUT2D eigenvalue weighted by atomic mass is 9.75. The third-order valence-electron chi connectivity index (χ3n) is 3.65. The molecule has 0 heterocycles. The smallest absolute Gasteiger partial charge is 0.304 e. The van der Waals surface area contributed by atoms with Gasteiger partial charge in [-0.1, -0.05) is 46.8 Å². The molecule has 0 saturated carbocycles. The molecule has 3 nitrogen and oxygen atoms in total. The van der Waals surface area contributed by atoms with E-state index in [0.29, 0.717) is 0 Å². The van der Waals surface area contributed by atoms with E-state index in [0.717, 1.165) is 22.4 Å². The Morgan fingerprint density at radius 2 is 1.75 bits per heavy atom. The van der Waals surface area contributed by atoms with Crippen LogP contribution in [0, 0.1) is 6.92 Å². The lowest BCUT2D eigenvalue weighted by Gasteiger charge is -2.31. The lowest BCUT2D eigenvalue weighted by molar-refractivity contribution is -0.138. The summed E-state index contributed by atoms with van der Waals surface area (Å²) < 4.78 is 5.66. The fraction of sp³-hybridized carbons (Fsp3) is 0.588. The van der Waals surface area contributed by atoms with Gasteiger partial charge >= 0.3 is 5.97 Å². The highest BCUT2D eigenvalue weighted by molar-refractivity contribution is 5.70. The zero-order valence-corrected chi connectivity index (χ0v) is 13.6. The molecule has 1 aromatic rings. The van der Waals surface area contributed by atoms with Crippen LogP contribution in [0.15, 0.2) is 12.1 Å². The lowest BCUT2D eigenvalue weighted by Crippen LogP contribution is -2.25. The Labute approximate surface area is 122 Å². The number of carboxylic acid groups (broad SMARTS) is 1. The number of aryl methyl sites for hydroxylation is 1. The van der Waals surface area contributed by atoms with Crippen LogP contribution < -0.4 is 4.74 Å². The second kappa shape index (κ2) is 5.47. The summed E-state index contributed by atoms with van der Waals surface area (Å²) in [6, 6.07) is 4.14. The molecule has 0 aromatic heterocycles. The molecule has 1 N–H and O–H groups in total. The molecule has 0 bridgehead atoms. The van der Waals surface area contributed by atoms with Crippen molar-refractivity contribution in [3.05, 3.63) is 28.8 Å². The van der Waals surface area contributed by atoms with E-state index in [4.69, 9.17) is 9.84 Å². The maximum absolute atomic E-state index is 11.1. The van der Waals surface area contributed by atoms with Gasteiger partial charge in [0.2, 0.25) is 0 Å². The van der Waals surface area contributed by atoms with Crippen molar-refractivity contribution >= 4 is 5.97 Å². The number of carboxylic acids is 1. The van der Waals surface area contributed by atoms with Crippen LogP contribution in [0.3, 0.4) is 0 Å². The Kier molecular flexibility index (Phi) is 4.52.